The van der Waals surface area contributed by atoms with E-state index in [1.54, 1.807) is 63.2 Å². The summed E-state index contributed by atoms with van der Waals surface area (Å²) in [5.41, 5.74) is 6.45. The van der Waals surface area contributed by atoms with E-state index >= 15 is 0 Å². The van der Waals surface area contributed by atoms with E-state index in [0.29, 0.717) is 17.0 Å². The molecule has 2 aromatic rings. The van der Waals surface area contributed by atoms with Crippen molar-refractivity contribution in [2.75, 3.05) is 19.5 Å². The summed E-state index contributed by atoms with van der Waals surface area (Å²) in [5, 5.41) is 5.21. The van der Waals surface area contributed by atoms with E-state index in [1.165, 1.54) is 19.1 Å². The van der Waals surface area contributed by atoms with Crippen molar-refractivity contribution in [3.05, 3.63) is 59.7 Å². The SMILES string of the molecule is COc1ccc(NC(=O)C(c2cccc(C)c2)N(C)C(=O)C(CC(N)=O)NC(=O)OC(C)(C)C)cc1. The van der Waals surface area contributed by atoms with Gasteiger partial charge in [0.2, 0.25) is 11.8 Å². The number of ether oxygens (including phenoxy) is 2. The molecule has 10 nitrogen and oxygen atoms in total. The van der Waals surface area contributed by atoms with Crippen molar-refractivity contribution in [3.8, 4) is 5.75 Å². The van der Waals surface area contributed by atoms with Crippen LogP contribution >= 0.6 is 0 Å². The number of aryl methyl sites for hydroxylation is 1. The maximum atomic E-state index is 13.5. The number of benzene rings is 2. The summed E-state index contributed by atoms with van der Waals surface area (Å²) in [5.74, 6) is -1.35. The number of alkyl carbamates (subject to hydrolysis) is 1. The van der Waals surface area contributed by atoms with Crippen molar-refractivity contribution in [2.45, 2.75) is 51.8 Å². The number of primary amides is 1. The third-order valence-corrected chi connectivity index (χ3v) is 5.09. The van der Waals surface area contributed by atoms with Gasteiger partial charge in [-0.2, -0.15) is 0 Å². The van der Waals surface area contributed by atoms with Gasteiger partial charge in [0.25, 0.3) is 5.91 Å². The Bertz CT molecular complexity index is 1090. The Labute approximate surface area is 211 Å². The first-order chi connectivity index (χ1) is 16.8. The Hall–Kier alpha value is -4.08. The number of hydrogen-bond donors (Lipinski definition) is 3. The zero-order chi connectivity index (χ0) is 27.0. The van der Waals surface area contributed by atoms with E-state index in [0.717, 1.165) is 5.56 Å². The Balaban J connectivity index is 2.37. The molecule has 0 radical (unpaired) electrons. The lowest BCUT2D eigenvalue weighted by Crippen LogP contribution is -2.52. The molecule has 4 N–H and O–H groups in total. The van der Waals surface area contributed by atoms with Crippen molar-refractivity contribution in [1.82, 2.24) is 10.2 Å². The molecular formula is C26H34N4O6. The van der Waals surface area contributed by atoms with Gasteiger partial charge in [0.15, 0.2) is 0 Å². The minimum Gasteiger partial charge on any atom is -0.497 e. The number of anilines is 1. The predicted octanol–water partition coefficient (Wildman–Crippen LogP) is 2.91. The van der Waals surface area contributed by atoms with Gasteiger partial charge < -0.3 is 30.7 Å². The summed E-state index contributed by atoms with van der Waals surface area (Å²) in [6.45, 7) is 6.87. The average molecular weight is 499 g/mol. The van der Waals surface area contributed by atoms with Crippen LogP contribution in [0.2, 0.25) is 0 Å². The van der Waals surface area contributed by atoms with Gasteiger partial charge in [-0.3, -0.25) is 14.4 Å². The summed E-state index contributed by atoms with van der Waals surface area (Å²) in [6.07, 6.45) is -1.35. The molecular weight excluding hydrogens is 464 g/mol. The highest BCUT2D eigenvalue weighted by Crippen LogP contribution is 2.25. The van der Waals surface area contributed by atoms with Crippen LogP contribution < -0.4 is 21.1 Å². The Morgan fingerprint density at radius 3 is 2.22 bits per heavy atom. The van der Waals surface area contributed by atoms with Crippen LogP contribution in [0.4, 0.5) is 10.5 Å². The Kier molecular flexibility index (Phi) is 9.43. The highest BCUT2D eigenvalue weighted by Gasteiger charge is 2.35. The topological polar surface area (TPSA) is 140 Å². The summed E-state index contributed by atoms with van der Waals surface area (Å²) in [7, 11) is 2.96. The quantitative estimate of drug-likeness (QED) is 0.486. The summed E-state index contributed by atoms with van der Waals surface area (Å²) in [4.78, 5) is 52.1. The lowest BCUT2D eigenvalue weighted by Gasteiger charge is -2.31. The molecule has 2 aromatic carbocycles. The van der Waals surface area contributed by atoms with Crippen molar-refractivity contribution in [1.29, 1.82) is 0 Å². The molecule has 2 atom stereocenters. The minimum absolute atomic E-state index is 0.469. The second-order valence-corrected chi connectivity index (χ2v) is 9.35. The third kappa shape index (κ3) is 8.30. The van der Waals surface area contributed by atoms with Crippen molar-refractivity contribution in [3.63, 3.8) is 0 Å². The summed E-state index contributed by atoms with van der Waals surface area (Å²) < 4.78 is 10.4. The van der Waals surface area contributed by atoms with Gasteiger partial charge in [-0.15, -0.1) is 0 Å². The van der Waals surface area contributed by atoms with Crippen LogP contribution in [0, 0.1) is 6.92 Å². The van der Waals surface area contributed by atoms with E-state index < -0.39 is 47.9 Å². The maximum Gasteiger partial charge on any atom is 0.408 e. The molecule has 36 heavy (non-hydrogen) atoms. The molecule has 0 spiro atoms. The van der Waals surface area contributed by atoms with Gasteiger partial charge in [0.1, 0.15) is 23.4 Å². The van der Waals surface area contributed by atoms with Gasteiger partial charge in [-0.1, -0.05) is 29.8 Å². The number of likely N-dealkylation sites (N-methyl/N-ethyl adjacent to an activating group) is 1. The molecule has 0 saturated heterocycles. The zero-order valence-corrected chi connectivity index (χ0v) is 21.5. The zero-order valence-electron chi connectivity index (χ0n) is 21.5. The number of nitrogens with one attached hydrogen (secondary N) is 2. The predicted molar refractivity (Wildman–Crippen MR) is 135 cm³/mol. The number of rotatable bonds is 9. The van der Waals surface area contributed by atoms with E-state index in [2.05, 4.69) is 10.6 Å². The highest BCUT2D eigenvalue weighted by atomic mass is 16.6. The standard InChI is InChI=1S/C26H34N4O6/c1-16-8-7-9-17(14-16)22(23(32)28-18-10-12-19(35-6)13-11-18)30(5)24(33)20(15-21(27)31)29-25(34)36-26(2,3)4/h7-14,20,22H,15H2,1-6H3,(H2,27,31)(H,28,32)(H,29,34). The average Bonchev–Trinajstić information content (AvgIpc) is 2.77. The molecule has 0 aliphatic rings. The van der Waals surface area contributed by atoms with E-state index in [4.69, 9.17) is 15.2 Å². The van der Waals surface area contributed by atoms with Gasteiger partial charge >= 0.3 is 6.09 Å². The van der Waals surface area contributed by atoms with Crippen molar-refractivity contribution >= 4 is 29.5 Å². The van der Waals surface area contributed by atoms with Crippen molar-refractivity contribution in [2.24, 2.45) is 5.73 Å². The fourth-order valence-electron chi connectivity index (χ4n) is 3.50. The molecule has 0 aromatic heterocycles. The first-order valence-corrected chi connectivity index (χ1v) is 11.4. The Morgan fingerprint density at radius 2 is 1.69 bits per heavy atom. The maximum absolute atomic E-state index is 13.5. The first kappa shape index (κ1) is 28.2. The normalized spacial score (nSPS) is 12.6. The second kappa shape index (κ2) is 12.1. The summed E-state index contributed by atoms with van der Waals surface area (Å²) >= 11 is 0. The molecule has 0 fully saturated rings. The molecule has 0 bridgehead atoms. The number of amides is 4. The fraction of sp³-hybridized carbons (Fsp3) is 0.385. The molecule has 10 heteroatoms. The molecule has 4 amide bonds. The van der Waals surface area contributed by atoms with Gasteiger partial charge in [-0.25, -0.2) is 4.79 Å². The molecule has 0 aliphatic carbocycles. The number of nitrogens with two attached hydrogens (primary N) is 1. The van der Waals surface area contributed by atoms with Crippen LogP contribution in [0.5, 0.6) is 5.75 Å². The van der Waals surface area contributed by atoms with Crippen LogP contribution in [0.3, 0.4) is 0 Å². The molecule has 194 valence electrons. The Morgan fingerprint density at radius 1 is 1.06 bits per heavy atom. The minimum atomic E-state index is -1.33. The molecule has 2 rings (SSSR count). The molecule has 2 unspecified atom stereocenters. The van der Waals surface area contributed by atoms with E-state index in [1.807, 2.05) is 13.0 Å². The van der Waals surface area contributed by atoms with Crippen molar-refractivity contribution < 1.29 is 28.7 Å². The molecule has 0 saturated carbocycles. The van der Waals surface area contributed by atoms with Gasteiger partial charge in [0, 0.05) is 12.7 Å². The number of hydrogen-bond acceptors (Lipinski definition) is 6. The third-order valence-electron chi connectivity index (χ3n) is 5.09. The number of carbonyl (C=O) groups is 4. The summed E-state index contributed by atoms with van der Waals surface area (Å²) in [6, 6.07) is 11.5. The molecule has 0 heterocycles. The fourth-order valence-corrected chi connectivity index (χ4v) is 3.50. The monoisotopic (exact) mass is 498 g/mol. The van der Waals surface area contributed by atoms with Gasteiger partial charge in [0.05, 0.1) is 13.5 Å². The number of nitrogens with zero attached hydrogens (tertiary/aromatic N) is 1. The number of methoxy groups -OCH3 is 1. The molecule has 0 aliphatic heterocycles. The smallest absolute Gasteiger partial charge is 0.408 e. The van der Waals surface area contributed by atoms with E-state index in [-0.39, 0.29) is 0 Å². The van der Waals surface area contributed by atoms with Crippen LogP contribution in [-0.2, 0) is 19.1 Å². The lowest BCUT2D eigenvalue weighted by molar-refractivity contribution is -0.140. The first-order valence-electron chi connectivity index (χ1n) is 11.4. The largest absolute Gasteiger partial charge is 0.497 e. The highest BCUT2D eigenvalue weighted by molar-refractivity contribution is 5.99. The van der Waals surface area contributed by atoms with Gasteiger partial charge in [-0.05, 0) is 57.5 Å². The van der Waals surface area contributed by atoms with Crippen LogP contribution in [0.1, 0.15) is 44.4 Å². The van der Waals surface area contributed by atoms with E-state index in [9.17, 15) is 19.2 Å². The van der Waals surface area contributed by atoms with Crippen LogP contribution in [0.25, 0.3) is 0 Å². The van der Waals surface area contributed by atoms with Crippen LogP contribution in [-0.4, -0.2) is 54.5 Å². The number of carbonyl (C=O) groups excluding carboxylic acids is 4. The lowest BCUT2D eigenvalue weighted by atomic mass is 10.0. The van der Waals surface area contributed by atoms with Crippen LogP contribution in [0.15, 0.2) is 48.5 Å². The second-order valence-electron chi connectivity index (χ2n) is 9.35.